The van der Waals surface area contributed by atoms with E-state index >= 15 is 0 Å². The molecule has 0 aliphatic heterocycles. The Morgan fingerprint density at radius 2 is 2.35 bits per heavy atom. The van der Waals surface area contributed by atoms with Gasteiger partial charge in [0.1, 0.15) is 11.4 Å². The first-order valence-electron chi connectivity index (χ1n) is 4.57. The molecule has 7 heteroatoms. The maximum absolute atomic E-state index is 11.3. The van der Waals surface area contributed by atoms with Crippen LogP contribution >= 0.6 is 27.3 Å². The van der Waals surface area contributed by atoms with Crippen LogP contribution < -0.4 is 5.73 Å². The standard InChI is InChI=1S/C10H8BrN3O2S/c1-16-10(15)6-3-13-9(14-8(6)12)7-2-5(11)4-17-7/h2-4H,1H3,(H2,12,13,14). The number of hydrogen-bond acceptors (Lipinski definition) is 6. The number of rotatable bonds is 2. The van der Waals surface area contributed by atoms with E-state index < -0.39 is 5.97 Å². The van der Waals surface area contributed by atoms with Crippen LogP contribution in [0, 0.1) is 0 Å². The highest BCUT2D eigenvalue weighted by atomic mass is 79.9. The third-order valence-electron chi connectivity index (χ3n) is 2.01. The smallest absolute Gasteiger partial charge is 0.343 e. The van der Waals surface area contributed by atoms with Crippen LogP contribution in [-0.4, -0.2) is 23.0 Å². The number of nitrogens with zero attached hydrogens (tertiary/aromatic N) is 2. The number of carbonyl (C=O) groups is 1. The quantitative estimate of drug-likeness (QED) is 0.861. The average molecular weight is 314 g/mol. The molecule has 0 aliphatic carbocycles. The molecule has 0 aliphatic rings. The molecule has 2 rings (SSSR count). The third kappa shape index (κ3) is 2.45. The monoisotopic (exact) mass is 313 g/mol. The molecule has 0 spiro atoms. The number of methoxy groups -OCH3 is 1. The Morgan fingerprint density at radius 1 is 1.59 bits per heavy atom. The minimum atomic E-state index is -0.540. The number of esters is 1. The van der Waals surface area contributed by atoms with E-state index in [4.69, 9.17) is 5.73 Å². The fourth-order valence-corrected chi connectivity index (χ4v) is 2.58. The first kappa shape index (κ1) is 12.0. The molecule has 17 heavy (non-hydrogen) atoms. The molecule has 2 aromatic heterocycles. The van der Waals surface area contributed by atoms with Crippen LogP contribution in [0.1, 0.15) is 10.4 Å². The van der Waals surface area contributed by atoms with Gasteiger partial charge in [-0.3, -0.25) is 0 Å². The van der Waals surface area contributed by atoms with E-state index in [9.17, 15) is 4.79 Å². The summed E-state index contributed by atoms with van der Waals surface area (Å²) < 4.78 is 5.52. The van der Waals surface area contributed by atoms with Crippen molar-refractivity contribution < 1.29 is 9.53 Å². The van der Waals surface area contributed by atoms with Crippen molar-refractivity contribution in [2.24, 2.45) is 0 Å². The molecule has 0 radical (unpaired) electrons. The lowest BCUT2D eigenvalue weighted by molar-refractivity contribution is 0.0601. The number of nitrogen functional groups attached to an aromatic ring is 1. The van der Waals surface area contributed by atoms with Crippen molar-refractivity contribution in [1.82, 2.24) is 9.97 Å². The van der Waals surface area contributed by atoms with Gasteiger partial charge in [0.25, 0.3) is 0 Å². The zero-order chi connectivity index (χ0) is 12.4. The van der Waals surface area contributed by atoms with Crippen molar-refractivity contribution in [2.75, 3.05) is 12.8 Å². The minimum Gasteiger partial charge on any atom is -0.465 e. The molecule has 2 N–H and O–H groups in total. The van der Waals surface area contributed by atoms with E-state index in [1.807, 2.05) is 11.4 Å². The second-order valence-corrected chi connectivity index (χ2v) is 4.94. The maximum atomic E-state index is 11.3. The highest BCUT2D eigenvalue weighted by Gasteiger charge is 2.14. The number of hydrogen-bond donors (Lipinski definition) is 1. The summed E-state index contributed by atoms with van der Waals surface area (Å²) in [5.41, 5.74) is 5.86. The Balaban J connectivity index is 2.40. The normalized spacial score (nSPS) is 10.2. The molecule has 0 unspecified atom stereocenters. The molecule has 5 nitrogen and oxygen atoms in total. The lowest BCUT2D eigenvalue weighted by atomic mass is 10.3. The van der Waals surface area contributed by atoms with Crippen molar-refractivity contribution in [3.05, 3.63) is 27.7 Å². The minimum absolute atomic E-state index is 0.117. The summed E-state index contributed by atoms with van der Waals surface area (Å²) in [6.07, 6.45) is 1.37. The van der Waals surface area contributed by atoms with Crippen molar-refractivity contribution in [1.29, 1.82) is 0 Å². The molecule has 0 saturated heterocycles. The van der Waals surface area contributed by atoms with Crippen molar-refractivity contribution >= 4 is 39.1 Å². The maximum Gasteiger partial charge on any atom is 0.343 e. The number of aromatic nitrogens is 2. The first-order valence-corrected chi connectivity index (χ1v) is 6.24. The summed E-state index contributed by atoms with van der Waals surface area (Å²) in [5.74, 6) is 0.0682. The van der Waals surface area contributed by atoms with Gasteiger partial charge in [-0.25, -0.2) is 14.8 Å². The van der Waals surface area contributed by atoms with E-state index in [1.165, 1.54) is 24.6 Å². The summed E-state index contributed by atoms with van der Waals surface area (Å²) in [5, 5.41) is 1.92. The Hall–Kier alpha value is -1.47. The van der Waals surface area contributed by atoms with Crippen molar-refractivity contribution in [3.63, 3.8) is 0 Å². The second-order valence-electron chi connectivity index (χ2n) is 3.11. The van der Waals surface area contributed by atoms with Gasteiger partial charge < -0.3 is 10.5 Å². The SMILES string of the molecule is COC(=O)c1cnc(-c2cc(Br)cs2)nc1N. The third-order valence-corrected chi connectivity index (χ3v) is 3.70. The number of nitrogens with two attached hydrogens (primary N) is 1. The number of halogens is 1. The number of thiophene rings is 1. The van der Waals surface area contributed by atoms with E-state index in [0.29, 0.717) is 5.82 Å². The van der Waals surface area contributed by atoms with Gasteiger partial charge in [-0.2, -0.15) is 0 Å². The lowest BCUT2D eigenvalue weighted by Gasteiger charge is -2.03. The molecule has 2 aromatic rings. The lowest BCUT2D eigenvalue weighted by Crippen LogP contribution is -2.08. The number of ether oxygens (including phenoxy) is 1. The van der Waals surface area contributed by atoms with E-state index in [0.717, 1.165) is 9.35 Å². The van der Waals surface area contributed by atoms with Crippen LogP contribution in [0.15, 0.2) is 22.1 Å². The summed E-state index contributed by atoms with van der Waals surface area (Å²) in [6.45, 7) is 0. The Kier molecular flexibility index (Phi) is 3.39. The van der Waals surface area contributed by atoms with Crippen molar-refractivity contribution in [3.8, 4) is 10.7 Å². The largest absolute Gasteiger partial charge is 0.465 e. The number of anilines is 1. The van der Waals surface area contributed by atoms with Gasteiger partial charge in [-0.1, -0.05) is 0 Å². The van der Waals surface area contributed by atoms with Crippen LogP contribution in [0.25, 0.3) is 10.7 Å². The molecule has 0 fully saturated rings. The molecule has 0 bridgehead atoms. The first-order chi connectivity index (χ1) is 8.11. The predicted molar refractivity (Wildman–Crippen MR) is 68.8 cm³/mol. The van der Waals surface area contributed by atoms with Crippen LogP contribution in [0.4, 0.5) is 5.82 Å². The van der Waals surface area contributed by atoms with E-state index in [-0.39, 0.29) is 11.4 Å². The van der Waals surface area contributed by atoms with Crippen LogP contribution in [0.3, 0.4) is 0 Å². The molecule has 0 amide bonds. The molecule has 0 aromatic carbocycles. The summed E-state index contributed by atoms with van der Waals surface area (Å²) in [7, 11) is 1.28. The van der Waals surface area contributed by atoms with Gasteiger partial charge in [0.2, 0.25) is 0 Å². The summed E-state index contributed by atoms with van der Waals surface area (Å²) >= 11 is 4.83. The van der Waals surface area contributed by atoms with Gasteiger partial charge in [-0.05, 0) is 22.0 Å². The van der Waals surface area contributed by atoms with Crippen LogP contribution in [0.5, 0.6) is 0 Å². The zero-order valence-electron chi connectivity index (χ0n) is 8.81. The van der Waals surface area contributed by atoms with Crippen LogP contribution in [0.2, 0.25) is 0 Å². The summed E-state index contributed by atoms with van der Waals surface area (Å²) in [6, 6.07) is 1.89. The highest BCUT2D eigenvalue weighted by Crippen LogP contribution is 2.28. The molecule has 0 atom stereocenters. The fraction of sp³-hybridized carbons (Fsp3) is 0.100. The number of carbonyl (C=O) groups excluding carboxylic acids is 1. The second kappa shape index (κ2) is 4.80. The van der Waals surface area contributed by atoms with Gasteiger partial charge in [0, 0.05) is 16.0 Å². The average Bonchev–Trinajstić information content (AvgIpc) is 2.75. The van der Waals surface area contributed by atoms with Gasteiger partial charge in [-0.15, -0.1) is 11.3 Å². The van der Waals surface area contributed by atoms with Gasteiger partial charge >= 0.3 is 5.97 Å². The van der Waals surface area contributed by atoms with Crippen LogP contribution in [-0.2, 0) is 4.74 Å². The molecule has 0 saturated carbocycles. The van der Waals surface area contributed by atoms with E-state index in [1.54, 1.807) is 0 Å². The molecular weight excluding hydrogens is 306 g/mol. The van der Waals surface area contributed by atoms with Crippen molar-refractivity contribution in [2.45, 2.75) is 0 Å². The molecule has 2 heterocycles. The highest BCUT2D eigenvalue weighted by molar-refractivity contribution is 9.10. The summed E-state index contributed by atoms with van der Waals surface area (Å²) in [4.78, 5) is 20.3. The topological polar surface area (TPSA) is 78.1 Å². The fourth-order valence-electron chi connectivity index (χ4n) is 1.21. The Morgan fingerprint density at radius 3 is 2.88 bits per heavy atom. The molecular formula is C10H8BrN3O2S. The Bertz CT molecular complexity index is 570. The predicted octanol–water partition coefficient (Wildman–Crippen LogP) is 2.34. The van der Waals surface area contributed by atoms with Gasteiger partial charge in [0.05, 0.1) is 12.0 Å². The zero-order valence-corrected chi connectivity index (χ0v) is 11.2. The Labute approximate surface area is 110 Å². The van der Waals surface area contributed by atoms with Gasteiger partial charge in [0.15, 0.2) is 5.82 Å². The van der Waals surface area contributed by atoms with E-state index in [2.05, 4.69) is 30.6 Å². The molecule has 88 valence electrons.